The molecule has 0 radical (unpaired) electrons. The Kier molecular flexibility index (Phi) is 51.9. The number of rotatable bonds is 49. The van der Waals surface area contributed by atoms with Crippen LogP contribution in [-0.4, -0.2) is 37.9 Å². The summed E-state index contributed by atoms with van der Waals surface area (Å²) in [5.41, 5.74) is 0. The molecule has 0 N–H and O–H groups in total. The molecule has 0 bridgehead atoms. The topological polar surface area (TPSA) is 61.8 Å². The molecular weight excluding hydrogens is 789 g/mol. The second kappa shape index (κ2) is 54.4. The third-order valence-electron chi connectivity index (χ3n) is 11.4. The zero-order chi connectivity index (χ0) is 46.3. The summed E-state index contributed by atoms with van der Waals surface area (Å²) >= 11 is 0. The van der Waals surface area contributed by atoms with Crippen LogP contribution in [0.25, 0.3) is 0 Å². The van der Waals surface area contributed by atoms with E-state index in [4.69, 9.17) is 14.2 Å². The SMILES string of the molecule is CC/C=C\C/C=C\C/C=C\C/C=C\C/C=C\C/C=C\CCC(=O)OCC(COCCCCCCCC/C=C\CCCC)OC(=O)CCCCCCCCCCCCCCCCCCC. The highest BCUT2D eigenvalue weighted by Crippen LogP contribution is 2.15. The Bertz CT molecular complexity index is 1190. The van der Waals surface area contributed by atoms with Crippen molar-refractivity contribution >= 4 is 11.9 Å². The Balaban J connectivity index is 4.35. The van der Waals surface area contributed by atoms with Gasteiger partial charge < -0.3 is 14.2 Å². The van der Waals surface area contributed by atoms with Crippen molar-refractivity contribution in [3.63, 3.8) is 0 Å². The molecule has 0 amide bonds. The molecule has 0 fully saturated rings. The lowest BCUT2D eigenvalue weighted by Gasteiger charge is -2.18. The van der Waals surface area contributed by atoms with Gasteiger partial charge in [-0.1, -0.05) is 247 Å². The molecule has 0 aliphatic rings. The zero-order valence-corrected chi connectivity index (χ0v) is 42.3. The van der Waals surface area contributed by atoms with E-state index in [1.165, 1.54) is 148 Å². The number of hydrogen-bond donors (Lipinski definition) is 0. The quantitative estimate of drug-likeness (QED) is 0.0346. The maximum Gasteiger partial charge on any atom is 0.306 e. The molecule has 0 saturated carbocycles. The molecule has 1 unspecified atom stereocenters. The van der Waals surface area contributed by atoms with Gasteiger partial charge in [-0.05, 0) is 77.0 Å². The lowest BCUT2D eigenvalue weighted by Crippen LogP contribution is -2.30. The summed E-state index contributed by atoms with van der Waals surface area (Å²) < 4.78 is 17.3. The largest absolute Gasteiger partial charge is 0.462 e. The minimum Gasteiger partial charge on any atom is -0.462 e. The van der Waals surface area contributed by atoms with E-state index >= 15 is 0 Å². The van der Waals surface area contributed by atoms with Crippen LogP contribution in [0.3, 0.4) is 0 Å². The Labute approximate surface area is 397 Å². The van der Waals surface area contributed by atoms with Crippen LogP contribution in [0.2, 0.25) is 0 Å². The van der Waals surface area contributed by atoms with Gasteiger partial charge in [0.15, 0.2) is 6.10 Å². The van der Waals surface area contributed by atoms with Gasteiger partial charge in [-0.25, -0.2) is 0 Å². The molecule has 0 heterocycles. The van der Waals surface area contributed by atoms with Crippen LogP contribution in [0, 0.1) is 0 Å². The van der Waals surface area contributed by atoms with Crippen molar-refractivity contribution < 1.29 is 23.8 Å². The molecule has 64 heavy (non-hydrogen) atoms. The van der Waals surface area contributed by atoms with E-state index in [-0.39, 0.29) is 25.2 Å². The number of ether oxygens (including phenoxy) is 3. The molecule has 5 heteroatoms. The first-order valence-corrected chi connectivity index (χ1v) is 27.1. The van der Waals surface area contributed by atoms with Crippen molar-refractivity contribution in [2.45, 2.75) is 258 Å². The Morgan fingerprint density at radius 3 is 1.23 bits per heavy atom. The highest BCUT2D eigenvalue weighted by molar-refractivity contribution is 5.70. The van der Waals surface area contributed by atoms with Gasteiger partial charge in [-0.15, -0.1) is 0 Å². The van der Waals surface area contributed by atoms with E-state index in [1.807, 2.05) is 6.08 Å². The van der Waals surface area contributed by atoms with E-state index < -0.39 is 6.10 Å². The monoisotopic (exact) mass is 891 g/mol. The minimum absolute atomic E-state index is 0.0419. The summed E-state index contributed by atoms with van der Waals surface area (Å²) in [6.07, 6.45) is 71.8. The summed E-state index contributed by atoms with van der Waals surface area (Å²) in [7, 11) is 0. The predicted molar refractivity (Wildman–Crippen MR) is 279 cm³/mol. The molecule has 5 nitrogen and oxygen atoms in total. The third kappa shape index (κ3) is 51.7. The molecule has 0 aromatic heterocycles. The number of hydrogen-bond acceptors (Lipinski definition) is 5. The first-order chi connectivity index (χ1) is 31.6. The highest BCUT2D eigenvalue weighted by Gasteiger charge is 2.17. The number of carbonyl (C=O) groups is 2. The Hall–Kier alpha value is -2.92. The number of allylic oxidation sites excluding steroid dienone is 14. The summed E-state index contributed by atoms with van der Waals surface area (Å²) in [6.45, 7) is 7.61. The molecule has 1 atom stereocenters. The standard InChI is InChI=1S/C59H102O5/c1-4-7-10-13-16-19-22-25-27-29-30-32-33-35-37-40-43-46-49-52-58(60)63-56-57(55-62-54-51-48-45-42-39-24-21-18-15-12-9-6-3)64-59(61)53-50-47-44-41-38-36-34-31-28-26-23-20-17-14-11-8-5-2/h7,10,15-16,18-19,25,27,30,32,35,37,43,46,57H,4-6,8-9,11-14,17,20-24,26,28-29,31,33-34,36,38-42,44-45,47-56H2,1-3H3/b10-7-,18-15-,19-16-,27-25-,32-30-,37-35-,46-43-. The van der Waals surface area contributed by atoms with Gasteiger partial charge in [0.1, 0.15) is 6.61 Å². The first kappa shape index (κ1) is 61.1. The zero-order valence-electron chi connectivity index (χ0n) is 42.3. The van der Waals surface area contributed by atoms with Gasteiger partial charge in [0.05, 0.1) is 6.61 Å². The Morgan fingerprint density at radius 2 is 0.750 bits per heavy atom. The number of carbonyl (C=O) groups excluding carboxylic acids is 2. The van der Waals surface area contributed by atoms with Gasteiger partial charge in [-0.3, -0.25) is 9.59 Å². The molecule has 0 aromatic carbocycles. The average molecular weight is 891 g/mol. The van der Waals surface area contributed by atoms with Gasteiger partial charge in [0, 0.05) is 19.4 Å². The van der Waals surface area contributed by atoms with Gasteiger partial charge in [0.2, 0.25) is 0 Å². The smallest absolute Gasteiger partial charge is 0.306 e. The molecule has 0 spiro atoms. The van der Waals surface area contributed by atoms with Crippen LogP contribution in [0.5, 0.6) is 0 Å². The number of unbranched alkanes of at least 4 members (excludes halogenated alkanes) is 24. The van der Waals surface area contributed by atoms with E-state index in [0.29, 0.717) is 25.9 Å². The number of esters is 2. The van der Waals surface area contributed by atoms with E-state index in [9.17, 15) is 9.59 Å². The molecule has 0 aliphatic heterocycles. The van der Waals surface area contributed by atoms with E-state index in [0.717, 1.165) is 64.2 Å². The van der Waals surface area contributed by atoms with Crippen LogP contribution < -0.4 is 0 Å². The normalized spacial score (nSPS) is 12.9. The lowest BCUT2D eigenvalue weighted by molar-refractivity contribution is -0.162. The molecule has 0 aromatic rings. The predicted octanol–water partition coefficient (Wildman–Crippen LogP) is 18.5. The van der Waals surface area contributed by atoms with Crippen molar-refractivity contribution in [1.82, 2.24) is 0 Å². The van der Waals surface area contributed by atoms with Crippen molar-refractivity contribution in [3.8, 4) is 0 Å². The highest BCUT2D eigenvalue weighted by atomic mass is 16.6. The fourth-order valence-electron chi connectivity index (χ4n) is 7.40. The lowest BCUT2D eigenvalue weighted by atomic mass is 10.0. The summed E-state index contributed by atoms with van der Waals surface area (Å²) in [5.74, 6) is -0.492. The van der Waals surface area contributed by atoms with Crippen LogP contribution in [0.4, 0.5) is 0 Å². The average Bonchev–Trinajstić information content (AvgIpc) is 3.30. The van der Waals surface area contributed by atoms with Crippen molar-refractivity contribution in [3.05, 3.63) is 85.1 Å². The van der Waals surface area contributed by atoms with Gasteiger partial charge in [0.25, 0.3) is 0 Å². The van der Waals surface area contributed by atoms with Crippen molar-refractivity contribution in [1.29, 1.82) is 0 Å². The Morgan fingerprint density at radius 1 is 0.359 bits per heavy atom. The molecule has 0 aliphatic carbocycles. The molecular formula is C59H102O5. The third-order valence-corrected chi connectivity index (χ3v) is 11.4. The van der Waals surface area contributed by atoms with Crippen molar-refractivity contribution in [2.75, 3.05) is 19.8 Å². The molecule has 368 valence electrons. The van der Waals surface area contributed by atoms with Crippen LogP contribution in [0.15, 0.2) is 85.1 Å². The fourth-order valence-corrected chi connectivity index (χ4v) is 7.40. The van der Waals surface area contributed by atoms with Crippen molar-refractivity contribution in [2.24, 2.45) is 0 Å². The van der Waals surface area contributed by atoms with Crippen LogP contribution in [-0.2, 0) is 23.8 Å². The summed E-state index contributed by atoms with van der Waals surface area (Å²) in [5, 5.41) is 0. The van der Waals surface area contributed by atoms with Gasteiger partial charge >= 0.3 is 11.9 Å². The van der Waals surface area contributed by atoms with Gasteiger partial charge in [-0.2, -0.15) is 0 Å². The second-order valence-electron chi connectivity index (χ2n) is 17.8. The minimum atomic E-state index is -0.571. The van der Waals surface area contributed by atoms with E-state index in [2.05, 4.69) is 99.8 Å². The van der Waals surface area contributed by atoms with Crippen LogP contribution >= 0.6 is 0 Å². The second-order valence-corrected chi connectivity index (χ2v) is 17.8. The fraction of sp³-hybridized carbons (Fsp3) is 0.729. The van der Waals surface area contributed by atoms with Crippen LogP contribution in [0.1, 0.15) is 252 Å². The molecule has 0 saturated heterocycles. The summed E-state index contributed by atoms with van der Waals surface area (Å²) in [6, 6.07) is 0. The maximum atomic E-state index is 12.8. The first-order valence-electron chi connectivity index (χ1n) is 27.1. The maximum absolute atomic E-state index is 12.8. The van der Waals surface area contributed by atoms with E-state index in [1.54, 1.807) is 0 Å². The molecule has 0 rings (SSSR count). The summed E-state index contributed by atoms with van der Waals surface area (Å²) in [4.78, 5) is 25.4.